The summed E-state index contributed by atoms with van der Waals surface area (Å²) in [6.45, 7) is 2.55. The molecule has 0 atom stereocenters. The summed E-state index contributed by atoms with van der Waals surface area (Å²) < 4.78 is 6.66. The van der Waals surface area contributed by atoms with Crippen molar-refractivity contribution in [2.75, 3.05) is 6.61 Å². The lowest BCUT2D eigenvalue weighted by molar-refractivity contribution is -0.143. The van der Waals surface area contributed by atoms with E-state index in [1.165, 1.54) is 0 Å². The first-order valence-electron chi connectivity index (χ1n) is 6.13. The summed E-state index contributed by atoms with van der Waals surface area (Å²) in [5.41, 5.74) is 0.966. The van der Waals surface area contributed by atoms with Crippen molar-refractivity contribution in [3.8, 4) is 6.07 Å². The number of carbonyl (C=O) groups is 1. The van der Waals surface area contributed by atoms with Gasteiger partial charge in [0, 0.05) is 12.6 Å². The van der Waals surface area contributed by atoms with Gasteiger partial charge in [-0.2, -0.15) is 10.4 Å². The highest BCUT2D eigenvalue weighted by atomic mass is 16.5. The number of rotatable bonds is 5. The molecule has 0 N–H and O–H groups in total. The Labute approximate surface area is 110 Å². The third-order valence-corrected chi connectivity index (χ3v) is 2.63. The Kier molecular flexibility index (Phi) is 4.08. The minimum Gasteiger partial charge on any atom is -0.464 e. The van der Waals surface area contributed by atoms with Crippen molar-refractivity contribution in [1.29, 1.82) is 5.26 Å². The van der Waals surface area contributed by atoms with Gasteiger partial charge in [0.05, 0.1) is 11.9 Å². The van der Waals surface area contributed by atoms with E-state index < -0.39 is 0 Å². The maximum atomic E-state index is 11.2. The number of nitriles is 1. The van der Waals surface area contributed by atoms with E-state index in [1.807, 2.05) is 13.0 Å². The third-order valence-electron chi connectivity index (χ3n) is 2.63. The molecule has 0 amide bonds. The van der Waals surface area contributed by atoms with Crippen LogP contribution in [0.1, 0.15) is 25.5 Å². The van der Waals surface area contributed by atoms with E-state index in [9.17, 15) is 4.79 Å². The second kappa shape index (κ2) is 5.96. The van der Waals surface area contributed by atoms with Crippen molar-refractivity contribution in [3.63, 3.8) is 0 Å². The number of fused-ring (bicyclic) bond motifs is 1. The van der Waals surface area contributed by atoms with Crippen LogP contribution in [0.4, 0.5) is 0 Å². The fraction of sp³-hybridized carbons (Fsp3) is 0.385. The third kappa shape index (κ3) is 2.88. The zero-order valence-electron chi connectivity index (χ0n) is 10.7. The molecule has 2 aromatic heterocycles. The first kappa shape index (κ1) is 13.0. The van der Waals surface area contributed by atoms with Gasteiger partial charge in [0.15, 0.2) is 11.3 Å². The zero-order chi connectivity index (χ0) is 13.7. The molecule has 0 aliphatic rings. The van der Waals surface area contributed by atoms with E-state index in [-0.39, 0.29) is 12.6 Å². The molecule has 0 spiro atoms. The van der Waals surface area contributed by atoms with Crippen LogP contribution >= 0.6 is 0 Å². The smallest absolute Gasteiger partial charge is 0.305 e. The quantitative estimate of drug-likeness (QED) is 0.761. The Morgan fingerprint density at radius 2 is 2.42 bits per heavy atom. The molecule has 0 aliphatic heterocycles. The monoisotopic (exact) mass is 258 g/mol. The van der Waals surface area contributed by atoms with Gasteiger partial charge in [0.2, 0.25) is 0 Å². The number of nitrogens with zero attached hydrogens (tertiary/aromatic N) is 4. The van der Waals surface area contributed by atoms with Gasteiger partial charge < -0.3 is 4.74 Å². The molecule has 0 radical (unpaired) electrons. The van der Waals surface area contributed by atoms with Crippen LogP contribution in [0.5, 0.6) is 0 Å². The lowest BCUT2D eigenvalue weighted by Crippen LogP contribution is -2.12. The number of aromatic nitrogens is 3. The number of esters is 1. The lowest BCUT2D eigenvalue weighted by atomic mass is 10.3. The summed E-state index contributed by atoms with van der Waals surface area (Å²) in [5.74, 6) is -0.215. The van der Waals surface area contributed by atoms with Gasteiger partial charge in [-0.05, 0) is 18.6 Å². The largest absolute Gasteiger partial charge is 0.464 e. The molecule has 0 unspecified atom stereocenters. The molecule has 2 heterocycles. The molecule has 0 aromatic carbocycles. The Morgan fingerprint density at radius 3 is 3.16 bits per heavy atom. The SMILES string of the molecule is CCCC(=O)OCCn1nc(C#N)c2cccnc21. The highest BCUT2D eigenvalue weighted by Crippen LogP contribution is 2.14. The van der Waals surface area contributed by atoms with E-state index in [0.717, 1.165) is 6.42 Å². The summed E-state index contributed by atoms with van der Waals surface area (Å²) in [6, 6.07) is 5.59. The van der Waals surface area contributed by atoms with Crippen LogP contribution in [0, 0.1) is 11.3 Å². The Hall–Kier alpha value is -2.42. The molecule has 6 heteroatoms. The lowest BCUT2D eigenvalue weighted by Gasteiger charge is -2.04. The van der Waals surface area contributed by atoms with Gasteiger partial charge in [-0.1, -0.05) is 6.92 Å². The number of hydrogen-bond acceptors (Lipinski definition) is 5. The van der Waals surface area contributed by atoms with Crippen LogP contribution in [-0.2, 0) is 16.1 Å². The summed E-state index contributed by atoms with van der Waals surface area (Å²) in [4.78, 5) is 15.4. The molecule has 0 saturated heterocycles. The van der Waals surface area contributed by atoms with Crippen LogP contribution in [0.15, 0.2) is 18.3 Å². The molecule has 19 heavy (non-hydrogen) atoms. The van der Waals surface area contributed by atoms with Crippen molar-refractivity contribution >= 4 is 17.0 Å². The maximum Gasteiger partial charge on any atom is 0.305 e. The summed E-state index contributed by atoms with van der Waals surface area (Å²) in [5, 5.41) is 13.9. The van der Waals surface area contributed by atoms with Crippen LogP contribution in [-0.4, -0.2) is 27.3 Å². The first-order chi connectivity index (χ1) is 9.26. The number of ether oxygens (including phenoxy) is 1. The second-order valence-electron chi connectivity index (χ2n) is 4.03. The Bertz CT molecular complexity index is 627. The van der Waals surface area contributed by atoms with Gasteiger partial charge >= 0.3 is 5.97 Å². The van der Waals surface area contributed by atoms with Crippen LogP contribution in [0.25, 0.3) is 11.0 Å². The summed E-state index contributed by atoms with van der Waals surface area (Å²) in [6.07, 6.45) is 2.83. The van der Waals surface area contributed by atoms with E-state index in [4.69, 9.17) is 10.00 Å². The van der Waals surface area contributed by atoms with Gasteiger partial charge in [-0.15, -0.1) is 0 Å². The maximum absolute atomic E-state index is 11.2. The average Bonchev–Trinajstić information content (AvgIpc) is 2.78. The van der Waals surface area contributed by atoms with Crippen molar-refractivity contribution in [2.24, 2.45) is 0 Å². The van der Waals surface area contributed by atoms with Gasteiger partial charge in [-0.25, -0.2) is 9.67 Å². The van der Waals surface area contributed by atoms with Crippen molar-refractivity contribution < 1.29 is 9.53 Å². The molecule has 98 valence electrons. The van der Waals surface area contributed by atoms with Gasteiger partial charge in [0.1, 0.15) is 12.7 Å². The molecule has 0 saturated carbocycles. The zero-order valence-corrected chi connectivity index (χ0v) is 10.7. The Balaban J connectivity index is 2.09. The van der Waals surface area contributed by atoms with Crippen LogP contribution in [0.2, 0.25) is 0 Å². The molecular weight excluding hydrogens is 244 g/mol. The minimum atomic E-state index is -0.215. The van der Waals surface area contributed by atoms with Gasteiger partial charge in [0.25, 0.3) is 0 Å². The number of carbonyl (C=O) groups excluding carboxylic acids is 1. The van der Waals surface area contributed by atoms with Crippen LogP contribution < -0.4 is 0 Å². The molecule has 0 bridgehead atoms. The summed E-state index contributed by atoms with van der Waals surface area (Å²) >= 11 is 0. The highest BCUT2D eigenvalue weighted by Gasteiger charge is 2.10. The molecule has 2 aromatic rings. The number of hydrogen-bond donors (Lipinski definition) is 0. The van der Waals surface area contributed by atoms with E-state index in [0.29, 0.717) is 29.7 Å². The van der Waals surface area contributed by atoms with E-state index in [2.05, 4.69) is 10.1 Å². The standard InChI is InChI=1S/C13H14N4O2/c1-2-4-12(18)19-8-7-17-13-10(5-3-6-15-13)11(9-14)16-17/h3,5-6H,2,4,7-8H2,1H3. The van der Waals surface area contributed by atoms with Gasteiger partial charge in [-0.3, -0.25) is 4.79 Å². The van der Waals surface area contributed by atoms with Crippen molar-refractivity contribution in [2.45, 2.75) is 26.3 Å². The first-order valence-corrected chi connectivity index (χ1v) is 6.13. The van der Waals surface area contributed by atoms with Crippen molar-refractivity contribution in [1.82, 2.24) is 14.8 Å². The van der Waals surface area contributed by atoms with E-state index in [1.54, 1.807) is 23.0 Å². The minimum absolute atomic E-state index is 0.215. The Morgan fingerprint density at radius 1 is 1.58 bits per heavy atom. The molecule has 0 fully saturated rings. The fourth-order valence-electron chi connectivity index (χ4n) is 1.77. The second-order valence-corrected chi connectivity index (χ2v) is 4.03. The molecule has 2 rings (SSSR count). The predicted octanol–water partition coefficient (Wildman–Crippen LogP) is 1.65. The normalized spacial score (nSPS) is 10.3. The summed E-state index contributed by atoms with van der Waals surface area (Å²) in [7, 11) is 0. The molecule has 6 nitrogen and oxygen atoms in total. The predicted molar refractivity (Wildman–Crippen MR) is 68.1 cm³/mol. The fourth-order valence-corrected chi connectivity index (χ4v) is 1.77. The topological polar surface area (TPSA) is 80.8 Å². The molecular formula is C13H14N4O2. The average molecular weight is 258 g/mol. The van der Waals surface area contributed by atoms with Crippen LogP contribution in [0.3, 0.4) is 0 Å². The van der Waals surface area contributed by atoms with E-state index >= 15 is 0 Å². The molecule has 0 aliphatic carbocycles. The van der Waals surface area contributed by atoms with Crippen molar-refractivity contribution in [3.05, 3.63) is 24.0 Å². The highest BCUT2D eigenvalue weighted by molar-refractivity contribution is 5.80. The number of pyridine rings is 1.